The van der Waals surface area contributed by atoms with Crippen LogP contribution >= 0.6 is 22.6 Å². The molecule has 0 unspecified atom stereocenters. The van der Waals surface area contributed by atoms with Gasteiger partial charge in [-0.05, 0) is 99.1 Å². The van der Waals surface area contributed by atoms with Crippen molar-refractivity contribution in [1.82, 2.24) is 4.90 Å². The summed E-state index contributed by atoms with van der Waals surface area (Å²) in [6, 6.07) is 7.29. The fraction of sp³-hybridized carbons (Fsp3) is 0.652. The van der Waals surface area contributed by atoms with Gasteiger partial charge in [0.15, 0.2) is 0 Å². The normalized spacial score (nSPS) is 16.0. The molecule has 0 N–H and O–H groups in total. The summed E-state index contributed by atoms with van der Waals surface area (Å²) in [7, 11) is 0. The van der Waals surface area contributed by atoms with Gasteiger partial charge in [-0.2, -0.15) is 0 Å². The summed E-state index contributed by atoms with van der Waals surface area (Å²) in [4.78, 5) is 27.8. The molecule has 1 aromatic rings. The lowest BCUT2D eigenvalue weighted by Crippen LogP contribution is -2.48. The average Bonchev–Trinajstić information content (AvgIpc) is 3.10. The molecule has 0 bridgehead atoms. The molecule has 1 aliphatic rings. The van der Waals surface area contributed by atoms with Crippen molar-refractivity contribution in [3.05, 3.63) is 33.4 Å². The van der Waals surface area contributed by atoms with E-state index in [4.69, 9.17) is 9.47 Å². The topological polar surface area (TPSA) is 55.8 Å². The van der Waals surface area contributed by atoms with Crippen molar-refractivity contribution in [3.8, 4) is 0 Å². The summed E-state index contributed by atoms with van der Waals surface area (Å²) >= 11 is 2.25. The number of ether oxygens (including phenoxy) is 2. The summed E-state index contributed by atoms with van der Waals surface area (Å²) in [6.45, 7) is 9.91. The van der Waals surface area contributed by atoms with Crippen molar-refractivity contribution < 1.29 is 19.1 Å². The number of amides is 1. The number of carbonyl (C=O) groups excluding carboxylic acids is 2. The third-order valence-corrected chi connectivity index (χ3v) is 5.54. The van der Waals surface area contributed by atoms with E-state index in [1.807, 2.05) is 58.9 Å². The van der Waals surface area contributed by atoms with Gasteiger partial charge in [-0.25, -0.2) is 9.59 Å². The second-order valence-electron chi connectivity index (χ2n) is 9.22. The van der Waals surface area contributed by atoms with E-state index in [1.54, 1.807) is 4.90 Å². The molecule has 5 nitrogen and oxygen atoms in total. The van der Waals surface area contributed by atoms with Crippen molar-refractivity contribution in [2.45, 2.75) is 91.0 Å². The standard InChI is InChI=1S/C23H34INO4/c1-16(2)14-20(21(26)28-19-8-6-7-9-19)25(22(27)29-23(3,4)5)15-17-10-12-18(24)13-11-17/h10-13,16,19-20H,6-9,14-15H2,1-5H3/t20-/m1/s1. The number of hydrogen-bond donors (Lipinski definition) is 0. The SMILES string of the molecule is CC(C)C[C@H](C(=O)OC1CCCC1)N(Cc1ccc(I)cc1)C(=O)OC(C)(C)C. The molecule has 0 spiro atoms. The molecule has 1 aliphatic carbocycles. The van der Waals surface area contributed by atoms with Gasteiger partial charge in [0, 0.05) is 10.1 Å². The summed E-state index contributed by atoms with van der Waals surface area (Å²) in [6.07, 6.45) is 4.01. The van der Waals surface area contributed by atoms with Gasteiger partial charge in [0.05, 0.1) is 0 Å². The van der Waals surface area contributed by atoms with Crippen LogP contribution in [-0.2, 0) is 20.8 Å². The highest BCUT2D eigenvalue weighted by Crippen LogP contribution is 2.25. The number of halogens is 1. The van der Waals surface area contributed by atoms with E-state index in [2.05, 4.69) is 22.6 Å². The molecule has 0 saturated heterocycles. The summed E-state index contributed by atoms with van der Waals surface area (Å²) in [5.41, 5.74) is 0.317. The lowest BCUT2D eigenvalue weighted by atomic mass is 10.0. The highest BCUT2D eigenvalue weighted by Gasteiger charge is 2.36. The Morgan fingerprint density at radius 2 is 1.72 bits per heavy atom. The molecule has 162 valence electrons. The van der Waals surface area contributed by atoms with Crippen LogP contribution in [0.3, 0.4) is 0 Å². The zero-order valence-electron chi connectivity index (χ0n) is 18.2. The quantitative estimate of drug-likeness (QED) is 0.334. The first kappa shape index (κ1) is 24.0. The Morgan fingerprint density at radius 1 is 1.14 bits per heavy atom. The number of hydrogen-bond acceptors (Lipinski definition) is 4. The molecular weight excluding hydrogens is 481 g/mol. The monoisotopic (exact) mass is 515 g/mol. The zero-order valence-corrected chi connectivity index (χ0v) is 20.4. The highest BCUT2D eigenvalue weighted by molar-refractivity contribution is 14.1. The van der Waals surface area contributed by atoms with Gasteiger partial charge in [-0.3, -0.25) is 4.90 Å². The van der Waals surface area contributed by atoms with Crippen molar-refractivity contribution in [3.63, 3.8) is 0 Å². The highest BCUT2D eigenvalue weighted by atomic mass is 127. The van der Waals surface area contributed by atoms with E-state index in [0.29, 0.717) is 13.0 Å². The first-order valence-electron chi connectivity index (χ1n) is 10.5. The van der Waals surface area contributed by atoms with Gasteiger partial charge < -0.3 is 9.47 Å². The minimum atomic E-state index is -0.662. The minimum absolute atomic E-state index is 0.0315. The van der Waals surface area contributed by atoms with Crippen molar-refractivity contribution in [2.24, 2.45) is 5.92 Å². The molecule has 1 aromatic carbocycles. The molecule has 6 heteroatoms. The number of benzene rings is 1. The third kappa shape index (κ3) is 8.15. The predicted octanol–water partition coefficient (Wildman–Crippen LogP) is 5.93. The summed E-state index contributed by atoms with van der Waals surface area (Å²) in [5, 5.41) is 0. The van der Waals surface area contributed by atoms with E-state index in [1.165, 1.54) is 0 Å². The van der Waals surface area contributed by atoms with E-state index >= 15 is 0 Å². The molecule has 2 rings (SSSR count). The smallest absolute Gasteiger partial charge is 0.411 e. The Morgan fingerprint density at radius 3 is 2.24 bits per heavy atom. The molecule has 0 aliphatic heterocycles. The maximum atomic E-state index is 13.1. The number of esters is 1. The number of carbonyl (C=O) groups is 2. The summed E-state index contributed by atoms with van der Waals surface area (Å²) in [5.74, 6) is -0.0836. The number of rotatable bonds is 7. The van der Waals surface area contributed by atoms with Crippen LogP contribution in [0.25, 0.3) is 0 Å². The average molecular weight is 515 g/mol. The van der Waals surface area contributed by atoms with Gasteiger partial charge in [0.2, 0.25) is 0 Å². The maximum absolute atomic E-state index is 13.1. The Kier molecular flexibility index (Phi) is 8.79. The van der Waals surface area contributed by atoms with Crippen LogP contribution in [0.4, 0.5) is 4.79 Å². The molecular formula is C23H34INO4. The van der Waals surface area contributed by atoms with Crippen LogP contribution in [-0.4, -0.2) is 34.7 Å². The van der Waals surface area contributed by atoms with Gasteiger partial charge in [0.25, 0.3) is 0 Å². The van der Waals surface area contributed by atoms with Crippen LogP contribution in [0.1, 0.15) is 72.3 Å². The van der Waals surface area contributed by atoms with Crippen LogP contribution < -0.4 is 0 Å². The van der Waals surface area contributed by atoms with E-state index in [0.717, 1.165) is 34.8 Å². The van der Waals surface area contributed by atoms with Crippen LogP contribution in [0.5, 0.6) is 0 Å². The van der Waals surface area contributed by atoms with Crippen LogP contribution in [0.15, 0.2) is 24.3 Å². The van der Waals surface area contributed by atoms with E-state index < -0.39 is 17.7 Å². The lowest BCUT2D eigenvalue weighted by Gasteiger charge is -2.33. The Hall–Kier alpha value is -1.31. The molecule has 1 amide bonds. The molecule has 0 radical (unpaired) electrons. The Balaban J connectivity index is 2.28. The maximum Gasteiger partial charge on any atom is 0.411 e. The third-order valence-electron chi connectivity index (χ3n) is 4.82. The largest absolute Gasteiger partial charge is 0.461 e. The number of nitrogens with zero attached hydrogens (tertiary/aromatic N) is 1. The first-order chi connectivity index (χ1) is 13.5. The van der Waals surface area contributed by atoms with Crippen molar-refractivity contribution in [1.29, 1.82) is 0 Å². The first-order valence-corrected chi connectivity index (χ1v) is 11.6. The van der Waals surface area contributed by atoms with Crippen LogP contribution in [0, 0.1) is 9.49 Å². The van der Waals surface area contributed by atoms with E-state index in [9.17, 15) is 9.59 Å². The minimum Gasteiger partial charge on any atom is -0.461 e. The fourth-order valence-electron chi connectivity index (χ4n) is 3.46. The lowest BCUT2D eigenvalue weighted by molar-refractivity contribution is -0.156. The molecule has 1 atom stereocenters. The molecule has 29 heavy (non-hydrogen) atoms. The van der Waals surface area contributed by atoms with Gasteiger partial charge in [-0.15, -0.1) is 0 Å². The molecule has 1 fully saturated rings. The van der Waals surface area contributed by atoms with Gasteiger partial charge in [0.1, 0.15) is 17.7 Å². The second kappa shape index (κ2) is 10.6. The molecule has 0 heterocycles. The second-order valence-corrected chi connectivity index (χ2v) is 10.5. The zero-order chi connectivity index (χ0) is 21.6. The molecule has 1 saturated carbocycles. The molecule has 0 aromatic heterocycles. The summed E-state index contributed by atoms with van der Waals surface area (Å²) < 4.78 is 12.6. The van der Waals surface area contributed by atoms with Crippen molar-refractivity contribution >= 4 is 34.7 Å². The Labute approximate surface area is 188 Å². The fourth-order valence-corrected chi connectivity index (χ4v) is 3.81. The van der Waals surface area contributed by atoms with Gasteiger partial charge in [-0.1, -0.05) is 26.0 Å². The predicted molar refractivity (Wildman–Crippen MR) is 123 cm³/mol. The van der Waals surface area contributed by atoms with Gasteiger partial charge >= 0.3 is 12.1 Å². The Bertz CT molecular complexity index is 675. The van der Waals surface area contributed by atoms with Crippen molar-refractivity contribution in [2.75, 3.05) is 0 Å². The van der Waals surface area contributed by atoms with Crippen LogP contribution in [0.2, 0.25) is 0 Å². The van der Waals surface area contributed by atoms with E-state index in [-0.39, 0.29) is 18.0 Å².